The van der Waals surface area contributed by atoms with Gasteiger partial charge in [0.25, 0.3) is 0 Å². The molecule has 6 nitrogen and oxygen atoms in total. The number of carbonyl (C=O) groups excluding carboxylic acids is 1. The normalized spacial score (nSPS) is 15.7. The summed E-state index contributed by atoms with van der Waals surface area (Å²) >= 11 is 0. The van der Waals surface area contributed by atoms with Gasteiger partial charge in [0.2, 0.25) is 0 Å². The van der Waals surface area contributed by atoms with Crippen molar-refractivity contribution in [2.75, 3.05) is 7.11 Å². The van der Waals surface area contributed by atoms with E-state index < -0.39 is 19.8 Å². The number of rotatable bonds is 5. The van der Waals surface area contributed by atoms with Crippen LogP contribution in [0.5, 0.6) is 5.75 Å². The smallest absolute Gasteiger partial charge is 0.395 e. The Hall–Kier alpha value is -1.36. The minimum Gasteiger partial charge on any atom is -0.395 e. The molecule has 0 bridgehead atoms. The molecule has 0 heterocycles. The van der Waals surface area contributed by atoms with E-state index in [2.05, 4.69) is 9.05 Å². The van der Waals surface area contributed by atoms with Gasteiger partial charge in [0.05, 0.1) is 0 Å². The molecule has 0 amide bonds. The summed E-state index contributed by atoms with van der Waals surface area (Å²) in [4.78, 5) is 11.2. The number of benzene rings is 1. The van der Waals surface area contributed by atoms with Gasteiger partial charge in [0.1, 0.15) is 11.8 Å². The van der Waals surface area contributed by atoms with Gasteiger partial charge in [0, 0.05) is 7.11 Å². The highest BCUT2D eigenvalue weighted by molar-refractivity contribution is 7.49. The lowest BCUT2D eigenvalue weighted by Crippen LogP contribution is -2.28. The summed E-state index contributed by atoms with van der Waals surface area (Å²) in [6, 6.07) is 7.35. The molecule has 94 valence electrons. The van der Waals surface area contributed by atoms with E-state index >= 15 is 0 Å². The molecule has 1 rings (SSSR count). The van der Waals surface area contributed by atoms with Crippen LogP contribution in [0.15, 0.2) is 30.3 Å². The summed E-state index contributed by atoms with van der Waals surface area (Å²) in [7, 11) is -2.84. The van der Waals surface area contributed by atoms with Crippen molar-refractivity contribution in [1.29, 1.82) is 0 Å². The van der Waals surface area contributed by atoms with Crippen LogP contribution in [0.1, 0.15) is 6.92 Å². The second kappa shape index (κ2) is 5.82. The average molecular weight is 259 g/mol. The number of nitrogens with two attached hydrogens (primary N) is 1. The molecular formula is C10H14NO5P. The fourth-order valence-corrected chi connectivity index (χ4v) is 1.85. The summed E-state index contributed by atoms with van der Waals surface area (Å²) in [6.45, 7) is 1.41. The largest absolute Gasteiger partial charge is 0.589 e. The number of carbonyl (C=O) groups is 1. The zero-order chi connectivity index (χ0) is 12.9. The Morgan fingerprint density at radius 3 is 2.41 bits per heavy atom. The van der Waals surface area contributed by atoms with Gasteiger partial charge in [-0.3, -0.25) is 4.52 Å². The van der Waals surface area contributed by atoms with Crippen LogP contribution >= 0.6 is 7.82 Å². The van der Waals surface area contributed by atoms with Gasteiger partial charge in [-0.1, -0.05) is 18.2 Å². The third-order valence-electron chi connectivity index (χ3n) is 1.76. The number of phosphoric acid groups is 1. The third kappa shape index (κ3) is 4.19. The summed E-state index contributed by atoms with van der Waals surface area (Å²) < 4.78 is 26.1. The molecule has 2 N–H and O–H groups in total. The van der Waals surface area contributed by atoms with Crippen LogP contribution in [-0.4, -0.2) is 19.1 Å². The average Bonchev–Trinajstić information content (AvgIpc) is 2.30. The first-order chi connectivity index (χ1) is 7.97. The van der Waals surface area contributed by atoms with Gasteiger partial charge >= 0.3 is 13.8 Å². The van der Waals surface area contributed by atoms with Crippen molar-refractivity contribution in [1.82, 2.24) is 0 Å². The highest BCUT2D eigenvalue weighted by atomic mass is 31.2. The van der Waals surface area contributed by atoms with Crippen molar-refractivity contribution >= 4 is 13.8 Å². The number of phosphoric ester groups is 1. The molecule has 0 aliphatic carbocycles. The van der Waals surface area contributed by atoms with Crippen LogP contribution in [-0.2, 0) is 18.4 Å². The Balaban J connectivity index is 2.76. The lowest BCUT2D eigenvalue weighted by Gasteiger charge is -2.16. The lowest BCUT2D eigenvalue weighted by atomic mass is 10.3. The van der Waals surface area contributed by atoms with Crippen molar-refractivity contribution in [3.63, 3.8) is 0 Å². The van der Waals surface area contributed by atoms with Crippen LogP contribution in [0.3, 0.4) is 0 Å². The molecule has 7 heteroatoms. The van der Waals surface area contributed by atoms with Gasteiger partial charge in [-0.15, -0.1) is 0 Å². The minimum atomic E-state index is -3.96. The number of para-hydroxylation sites is 1. The van der Waals surface area contributed by atoms with E-state index in [1.807, 2.05) is 0 Å². The SMILES string of the molecule is COP(=O)(OC(=O)[C@H](C)N)Oc1ccccc1. The Labute approximate surface area is 99.3 Å². The zero-order valence-corrected chi connectivity index (χ0v) is 10.4. The van der Waals surface area contributed by atoms with Crippen LogP contribution < -0.4 is 10.3 Å². The fourth-order valence-electron chi connectivity index (χ4n) is 0.897. The predicted octanol–water partition coefficient (Wildman–Crippen LogP) is 1.71. The third-order valence-corrected chi connectivity index (χ3v) is 3.04. The van der Waals surface area contributed by atoms with E-state index in [9.17, 15) is 9.36 Å². The summed E-state index contributed by atoms with van der Waals surface area (Å²) in [6.07, 6.45) is 0. The first-order valence-corrected chi connectivity index (χ1v) is 6.32. The Morgan fingerprint density at radius 1 is 1.35 bits per heavy atom. The minimum absolute atomic E-state index is 0.273. The highest BCUT2D eigenvalue weighted by Crippen LogP contribution is 2.48. The van der Waals surface area contributed by atoms with Gasteiger partial charge in [-0.25, -0.2) is 9.36 Å². The van der Waals surface area contributed by atoms with E-state index in [0.29, 0.717) is 0 Å². The first-order valence-electron chi connectivity index (χ1n) is 4.86. The molecule has 0 aliphatic heterocycles. The van der Waals surface area contributed by atoms with Gasteiger partial charge in [-0.2, -0.15) is 0 Å². The van der Waals surface area contributed by atoms with Gasteiger partial charge in [-0.05, 0) is 19.1 Å². The van der Waals surface area contributed by atoms with Crippen molar-refractivity contribution in [3.05, 3.63) is 30.3 Å². The van der Waals surface area contributed by atoms with Crippen LogP contribution in [0, 0.1) is 0 Å². The molecule has 0 fully saturated rings. The Kier molecular flexibility index (Phi) is 4.69. The van der Waals surface area contributed by atoms with Crippen LogP contribution in [0.2, 0.25) is 0 Å². The van der Waals surface area contributed by atoms with E-state index in [1.54, 1.807) is 30.3 Å². The summed E-state index contributed by atoms with van der Waals surface area (Å²) in [5, 5.41) is 0. The standard InChI is InChI=1S/C10H14NO5P/c1-8(11)10(12)16-17(13,14-2)15-9-6-4-3-5-7-9/h3-8H,11H2,1-2H3/t8-,17?/m0/s1. The van der Waals surface area contributed by atoms with E-state index in [4.69, 9.17) is 10.3 Å². The monoisotopic (exact) mass is 259 g/mol. The molecule has 0 saturated carbocycles. The van der Waals surface area contributed by atoms with Crippen LogP contribution in [0.4, 0.5) is 0 Å². The van der Waals surface area contributed by atoms with Crippen molar-refractivity contribution in [3.8, 4) is 5.75 Å². The second-order valence-corrected chi connectivity index (χ2v) is 4.86. The molecule has 0 saturated heterocycles. The molecule has 0 radical (unpaired) electrons. The molecule has 1 aromatic rings. The van der Waals surface area contributed by atoms with Crippen molar-refractivity contribution in [2.45, 2.75) is 13.0 Å². The maximum atomic E-state index is 11.9. The Bertz CT molecular complexity index is 420. The summed E-state index contributed by atoms with van der Waals surface area (Å²) in [5.74, 6) is -0.582. The number of hydrogen-bond acceptors (Lipinski definition) is 6. The molecular weight excluding hydrogens is 245 g/mol. The lowest BCUT2D eigenvalue weighted by molar-refractivity contribution is -0.136. The number of hydrogen-bond donors (Lipinski definition) is 1. The zero-order valence-electron chi connectivity index (χ0n) is 9.53. The molecule has 1 unspecified atom stereocenters. The second-order valence-electron chi connectivity index (χ2n) is 3.23. The first kappa shape index (κ1) is 13.7. The highest BCUT2D eigenvalue weighted by Gasteiger charge is 2.32. The van der Waals surface area contributed by atoms with Crippen molar-refractivity contribution < 1.29 is 22.9 Å². The molecule has 1 aromatic carbocycles. The Morgan fingerprint density at radius 2 is 1.94 bits per heavy atom. The molecule has 0 spiro atoms. The predicted molar refractivity (Wildman–Crippen MR) is 61.4 cm³/mol. The van der Waals surface area contributed by atoms with E-state index in [0.717, 1.165) is 7.11 Å². The van der Waals surface area contributed by atoms with Crippen LogP contribution in [0.25, 0.3) is 0 Å². The maximum Gasteiger partial charge on any atom is 0.589 e. The van der Waals surface area contributed by atoms with Gasteiger partial charge < -0.3 is 14.8 Å². The van der Waals surface area contributed by atoms with E-state index in [1.165, 1.54) is 6.92 Å². The quantitative estimate of drug-likeness (QED) is 0.810. The van der Waals surface area contributed by atoms with Gasteiger partial charge in [0.15, 0.2) is 0 Å². The molecule has 0 aromatic heterocycles. The topological polar surface area (TPSA) is 87.9 Å². The van der Waals surface area contributed by atoms with Crippen molar-refractivity contribution in [2.24, 2.45) is 5.73 Å². The summed E-state index contributed by atoms with van der Waals surface area (Å²) in [5.41, 5.74) is 5.28. The fraction of sp³-hybridized carbons (Fsp3) is 0.300. The van der Waals surface area contributed by atoms with E-state index in [-0.39, 0.29) is 5.75 Å². The molecule has 2 atom stereocenters. The molecule has 0 aliphatic rings. The molecule has 17 heavy (non-hydrogen) atoms. The maximum absolute atomic E-state index is 11.9.